The fourth-order valence-electron chi connectivity index (χ4n) is 1.76. The first-order valence-corrected chi connectivity index (χ1v) is 8.87. The summed E-state index contributed by atoms with van der Waals surface area (Å²) in [7, 11) is -0.349. The molecule has 2 aromatic rings. The zero-order valence-corrected chi connectivity index (χ0v) is 15.5. The Balaban J connectivity index is 0.00000185. The van der Waals surface area contributed by atoms with E-state index >= 15 is 0 Å². The molecule has 10 heteroatoms. The second-order valence-corrected chi connectivity index (χ2v) is 6.60. The van der Waals surface area contributed by atoms with Crippen LogP contribution in [0.25, 0.3) is 0 Å². The van der Waals surface area contributed by atoms with Gasteiger partial charge >= 0.3 is 0 Å². The molecule has 0 radical (unpaired) electrons. The molecule has 2 aromatic carbocycles. The molecule has 0 heterocycles. The SMILES string of the molecule is CC.O=C(c1ccccc1)c1c(F)c(F)c(S(=O)(=O)Cl)c(F)c1F.S. The second kappa shape index (κ2) is 9.21. The highest BCUT2D eigenvalue weighted by molar-refractivity contribution is 8.13. The standard InChI is InChI=1S/C13H5ClF4O3S.C2H6.H2S/c14-22(20,21)13-10(17)8(15)7(9(16)11(13)18)12(19)6-4-2-1-3-5-6;1-2;/h1-5H;1-2H3;1H2. The number of halogens is 5. The highest BCUT2D eigenvalue weighted by atomic mass is 35.7. The van der Waals surface area contributed by atoms with E-state index in [1.807, 2.05) is 13.8 Å². The molecule has 25 heavy (non-hydrogen) atoms. The molecule has 0 fully saturated rings. The van der Waals surface area contributed by atoms with Crippen LogP contribution in [0.1, 0.15) is 29.8 Å². The van der Waals surface area contributed by atoms with Gasteiger partial charge in [0.25, 0.3) is 9.05 Å². The van der Waals surface area contributed by atoms with Crippen molar-refractivity contribution < 1.29 is 30.8 Å². The predicted octanol–water partition coefficient (Wildman–Crippen LogP) is 4.54. The van der Waals surface area contributed by atoms with Crippen molar-refractivity contribution in [2.24, 2.45) is 0 Å². The zero-order valence-electron chi connectivity index (χ0n) is 12.9. The number of hydrogen-bond donors (Lipinski definition) is 0. The summed E-state index contributed by atoms with van der Waals surface area (Å²) in [6.45, 7) is 4.00. The third-order valence-corrected chi connectivity index (χ3v) is 4.04. The smallest absolute Gasteiger partial charge is 0.267 e. The minimum Gasteiger partial charge on any atom is -0.288 e. The first-order valence-electron chi connectivity index (χ1n) is 6.56. The van der Waals surface area contributed by atoms with Gasteiger partial charge in [0.2, 0.25) is 0 Å². The summed E-state index contributed by atoms with van der Waals surface area (Å²) < 4.78 is 77.0. The topological polar surface area (TPSA) is 51.2 Å². The van der Waals surface area contributed by atoms with E-state index in [2.05, 4.69) is 0 Å². The maximum absolute atomic E-state index is 13.8. The monoisotopic (exact) mass is 416 g/mol. The van der Waals surface area contributed by atoms with Crippen LogP contribution in [-0.2, 0) is 9.05 Å². The first-order chi connectivity index (χ1) is 11.2. The molecular weight excluding hydrogens is 404 g/mol. The van der Waals surface area contributed by atoms with Crippen molar-refractivity contribution in [1.29, 1.82) is 0 Å². The molecule has 0 saturated heterocycles. The Morgan fingerprint density at radius 3 is 1.64 bits per heavy atom. The van der Waals surface area contributed by atoms with Gasteiger partial charge in [0.05, 0.1) is 0 Å². The van der Waals surface area contributed by atoms with Crippen LogP contribution >= 0.6 is 24.2 Å². The van der Waals surface area contributed by atoms with Crippen LogP contribution in [0.15, 0.2) is 35.2 Å². The molecule has 0 aliphatic carbocycles. The number of benzene rings is 2. The van der Waals surface area contributed by atoms with Gasteiger partial charge in [-0.2, -0.15) is 13.5 Å². The van der Waals surface area contributed by atoms with E-state index in [1.54, 1.807) is 0 Å². The molecule has 2 rings (SSSR count). The van der Waals surface area contributed by atoms with E-state index < -0.39 is 48.6 Å². The van der Waals surface area contributed by atoms with Crippen LogP contribution in [0.2, 0.25) is 0 Å². The van der Waals surface area contributed by atoms with Crippen LogP contribution in [0.4, 0.5) is 17.6 Å². The number of carbonyl (C=O) groups excluding carboxylic acids is 1. The Morgan fingerprint density at radius 2 is 1.28 bits per heavy atom. The lowest BCUT2D eigenvalue weighted by atomic mass is 10.0. The average molecular weight is 417 g/mol. The molecule has 0 aliphatic rings. The summed E-state index contributed by atoms with van der Waals surface area (Å²) in [5.74, 6) is -10.1. The lowest BCUT2D eigenvalue weighted by Crippen LogP contribution is -2.15. The molecule has 0 N–H and O–H groups in total. The van der Waals surface area contributed by atoms with Crippen LogP contribution in [-0.4, -0.2) is 14.2 Å². The van der Waals surface area contributed by atoms with Gasteiger partial charge in [0.15, 0.2) is 33.9 Å². The molecule has 0 saturated carbocycles. The third-order valence-electron chi connectivity index (χ3n) is 2.73. The minimum absolute atomic E-state index is 0. The molecule has 0 amide bonds. The van der Waals surface area contributed by atoms with Crippen molar-refractivity contribution in [3.05, 3.63) is 64.7 Å². The van der Waals surface area contributed by atoms with E-state index in [0.717, 1.165) is 0 Å². The fraction of sp³-hybridized carbons (Fsp3) is 0.133. The molecule has 0 aliphatic heterocycles. The summed E-state index contributed by atoms with van der Waals surface area (Å²) >= 11 is 0. The van der Waals surface area contributed by atoms with Crippen molar-refractivity contribution >= 4 is 39.0 Å². The number of rotatable bonds is 3. The number of hydrogen-bond acceptors (Lipinski definition) is 3. The molecule has 138 valence electrons. The minimum atomic E-state index is -5.09. The Labute approximate surface area is 153 Å². The van der Waals surface area contributed by atoms with Crippen molar-refractivity contribution in [2.45, 2.75) is 18.7 Å². The molecule has 0 bridgehead atoms. The van der Waals surface area contributed by atoms with Gasteiger partial charge in [-0.05, 0) is 0 Å². The van der Waals surface area contributed by atoms with Gasteiger partial charge in [0, 0.05) is 16.2 Å². The highest BCUT2D eigenvalue weighted by Crippen LogP contribution is 2.30. The average Bonchev–Trinajstić information content (AvgIpc) is 2.54. The van der Waals surface area contributed by atoms with Crippen LogP contribution in [0.3, 0.4) is 0 Å². The van der Waals surface area contributed by atoms with Crippen LogP contribution < -0.4 is 0 Å². The van der Waals surface area contributed by atoms with Crippen molar-refractivity contribution in [3.8, 4) is 0 Å². The van der Waals surface area contributed by atoms with Crippen LogP contribution in [0.5, 0.6) is 0 Å². The third kappa shape index (κ3) is 4.74. The second-order valence-electron chi connectivity index (χ2n) is 4.09. The number of ketones is 1. The normalized spacial score (nSPS) is 10.4. The number of carbonyl (C=O) groups is 1. The Bertz CT molecular complexity index is 843. The largest absolute Gasteiger partial charge is 0.288 e. The van der Waals surface area contributed by atoms with E-state index in [9.17, 15) is 30.8 Å². The van der Waals surface area contributed by atoms with Gasteiger partial charge in [-0.15, -0.1) is 0 Å². The zero-order chi connectivity index (χ0) is 18.7. The maximum Gasteiger partial charge on any atom is 0.267 e. The first kappa shape index (κ1) is 23.4. The van der Waals surface area contributed by atoms with E-state index in [-0.39, 0.29) is 19.1 Å². The van der Waals surface area contributed by atoms with Crippen molar-refractivity contribution in [1.82, 2.24) is 0 Å². The quantitative estimate of drug-likeness (QED) is 0.319. The lowest BCUT2D eigenvalue weighted by molar-refractivity contribution is 0.102. The molecule has 0 spiro atoms. The summed E-state index contributed by atoms with van der Waals surface area (Å²) in [5.41, 5.74) is -1.77. The molecular formula is C15H13ClF4O3S2. The Kier molecular flexibility index (Phi) is 8.63. The molecule has 3 nitrogen and oxygen atoms in total. The Hall–Kier alpha value is -1.58. The summed E-state index contributed by atoms with van der Waals surface area (Å²) in [6.07, 6.45) is 0. The molecule has 0 atom stereocenters. The van der Waals surface area contributed by atoms with E-state index in [4.69, 9.17) is 10.7 Å². The van der Waals surface area contributed by atoms with Gasteiger partial charge in [0.1, 0.15) is 5.56 Å². The van der Waals surface area contributed by atoms with Gasteiger partial charge in [-0.25, -0.2) is 26.0 Å². The summed E-state index contributed by atoms with van der Waals surface area (Å²) in [6, 6.07) is 6.58. The molecule has 0 aromatic heterocycles. The highest BCUT2D eigenvalue weighted by Gasteiger charge is 2.34. The van der Waals surface area contributed by atoms with Gasteiger partial charge in [-0.3, -0.25) is 4.79 Å². The van der Waals surface area contributed by atoms with Crippen molar-refractivity contribution in [2.75, 3.05) is 0 Å². The van der Waals surface area contributed by atoms with E-state index in [0.29, 0.717) is 0 Å². The predicted molar refractivity (Wildman–Crippen MR) is 90.9 cm³/mol. The van der Waals surface area contributed by atoms with Gasteiger partial charge < -0.3 is 0 Å². The fourth-order valence-corrected chi connectivity index (χ4v) is 2.77. The summed E-state index contributed by atoms with van der Waals surface area (Å²) in [4.78, 5) is 9.98. The van der Waals surface area contributed by atoms with E-state index in [1.165, 1.54) is 30.3 Å². The molecule has 0 unspecified atom stereocenters. The van der Waals surface area contributed by atoms with Crippen molar-refractivity contribution in [3.63, 3.8) is 0 Å². The lowest BCUT2D eigenvalue weighted by Gasteiger charge is -2.09. The summed E-state index contributed by atoms with van der Waals surface area (Å²) in [5, 5.41) is 0. The van der Waals surface area contributed by atoms with Gasteiger partial charge in [-0.1, -0.05) is 44.2 Å². The Morgan fingerprint density at radius 1 is 0.880 bits per heavy atom. The maximum atomic E-state index is 13.8. The van der Waals surface area contributed by atoms with Crippen LogP contribution in [0, 0.1) is 23.3 Å².